The van der Waals surface area contributed by atoms with Crippen LogP contribution in [0.25, 0.3) is 10.8 Å². The summed E-state index contributed by atoms with van der Waals surface area (Å²) < 4.78 is 23.4. The van der Waals surface area contributed by atoms with Gasteiger partial charge in [-0.1, -0.05) is 43.7 Å². The van der Waals surface area contributed by atoms with Crippen molar-refractivity contribution in [2.45, 2.75) is 43.9 Å². The molecule has 0 spiro atoms. The first kappa shape index (κ1) is 21.9. The minimum Gasteiger partial charge on any atom is -0.466 e. The van der Waals surface area contributed by atoms with Gasteiger partial charge in [0.25, 0.3) is 0 Å². The number of hydrogen-bond donors (Lipinski definition) is 0. The van der Waals surface area contributed by atoms with E-state index < -0.39 is 11.3 Å². The first-order valence-corrected chi connectivity index (χ1v) is 11.2. The van der Waals surface area contributed by atoms with Gasteiger partial charge in [-0.25, -0.2) is 0 Å². The van der Waals surface area contributed by atoms with E-state index in [2.05, 4.69) is 24.3 Å². The molecule has 0 aliphatic heterocycles. The third kappa shape index (κ3) is 5.54. The molecule has 0 saturated heterocycles. The molecule has 27 heavy (non-hydrogen) atoms. The normalized spacial score (nSPS) is 14.8. The number of thioether (sulfide) groups is 1. The molecule has 0 saturated carbocycles. The first-order chi connectivity index (χ1) is 13.1. The number of rotatable bonds is 11. The fourth-order valence-corrected chi connectivity index (χ4v) is 5.09. The average Bonchev–Trinajstić information content (AvgIpc) is 2.69. The summed E-state index contributed by atoms with van der Waals surface area (Å²) in [4.78, 5) is 13.6. The lowest BCUT2D eigenvalue weighted by Crippen LogP contribution is -2.43. The maximum Gasteiger partial charge on any atom is 0.312 e. The van der Waals surface area contributed by atoms with Gasteiger partial charge < -0.3 is 9.47 Å². The van der Waals surface area contributed by atoms with E-state index in [-0.39, 0.29) is 14.4 Å². The predicted molar refractivity (Wildman–Crippen MR) is 112 cm³/mol. The SMILES string of the molecule is CCCC(C(=O)OCC)C(CSc1ccc2ccccc2c1)(OCC)P=O. The van der Waals surface area contributed by atoms with Crippen molar-refractivity contribution in [2.24, 2.45) is 5.92 Å². The Morgan fingerprint density at radius 2 is 1.85 bits per heavy atom. The van der Waals surface area contributed by atoms with Gasteiger partial charge in [0.1, 0.15) is 0 Å². The second kappa shape index (κ2) is 10.8. The summed E-state index contributed by atoms with van der Waals surface area (Å²) in [5.41, 5.74) is 0. The molecular weight excluding hydrogens is 379 g/mol. The van der Waals surface area contributed by atoms with Gasteiger partial charge in [0.05, 0.1) is 12.5 Å². The molecule has 2 aromatic rings. The number of ether oxygens (including phenoxy) is 2. The van der Waals surface area contributed by atoms with Gasteiger partial charge in [-0.3, -0.25) is 9.36 Å². The maximum atomic E-state index is 12.5. The van der Waals surface area contributed by atoms with Crippen LogP contribution < -0.4 is 0 Å². The molecule has 0 radical (unpaired) electrons. The molecule has 0 aliphatic carbocycles. The molecule has 2 atom stereocenters. The van der Waals surface area contributed by atoms with Crippen LogP contribution in [0.2, 0.25) is 0 Å². The van der Waals surface area contributed by atoms with Gasteiger partial charge in [0, 0.05) is 17.3 Å². The van der Waals surface area contributed by atoms with E-state index in [1.54, 1.807) is 18.7 Å². The molecule has 0 fully saturated rings. The zero-order chi connectivity index (χ0) is 19.7. The van der Waals surface area contributed by atoms with Crippen molar-refractivity contribution in [1.82, 2.24) is 0 Å². The Labute approximate surface area is 167 Å². The molecule has 4 nitrogen and oxygen atoms in total. The van der Waals surface area contributed by atoms with Crippen LogP contribution in [0, 0.1) is 5.92 Å². The van der Waals surface area contributed by atoms with E-state index in [1.807, 2.05) is 32.0 Å². The van der Waals surface area contributed by atoms with Gasteiger partial charge in [-0.05, 0) is 43.2 Å². The summed E-state index contributed by atoms with van der Waals surface area (Å²) in [6.45, 7) is 6.32. The van der Waals surface area contributed by atoms with Crippen LogP contribution in [0.4, 0.5) is 0 Å². The summed E-state index contributed by atoms with van der Waals surface area (Å²) in [5, 5.41) is 1.24. The standard InChI is InChI=1S/C21H27O4PS/c1-4-9-19(20(22)24-5-2)21(26-23,25-6-3)15-27-18-13-12-16-10-7-8-11-17(16)14-18/h7-8,10-14,19H,4-6,9,15H2,1-3H3. The quantitative estimate of drug-likeness (QED) is 0.263. The lowest BCUT2D eigenvalue weighted by molar-refractivity contribution is -0.155. The highest BCUT2D eigenvalue weighted by Gasteiger charge is 2.45. The minimum atomic E-state index is -1.09. The Bertz CT molecular complexity index is 767. The molecule has 0 heterocycles. The molecular formula is C21H27O4PS. The molecule has 146 valence electrons. The van der Waals surface area contributed by atoms with Gasteiger partial charge in [0.15, 0.2) is 13.8 Å². The summed E-state index contributed by atoms with van der Waals surface area (Å²) >= 11 is 1.56. The predicted octanol–water partition coefficient (Wildman–Crippen LogP) is 5.94. The van der Waals surface area contributed by atoms with E-state index in [0.29, 0.717) is 25.4 Å². The van der Waals surface area contributed by atoms with E-state index in [0.717, 1.165) is 16.7 Å². The van der Waals surface area contributed by atoms with Crippen molar-refractivity contribution in [3.8, 4) is 0 Å². The van der Waals surface area contributed by atoms with Crippen molar-refractivity contribution < 1.29 is 18.8 Å². The summed E-state index contributed by atoms with van der Waals surface area (Å²) in [5.74, 6) is -0.488. The smallest absolute Gasteiger partial charge is 0.312 e. The van der Waals surface area contributed by atoms with E-state index >= 15 is 0 Å². The van der Waals surface area contributed by atoms with Gasteiger partial charge in [-0.2, -0.15) is 0 Å². The zero-order valence-corrected chi connectivity index (χ0v) is 17.9. The highest BCUT2D eigenvalue weighted by atomic mass is 32.2. The van der Waals surface area contributed by atoms with Crippen molar-refractivity contribution in [1.29, 1.82) is 0 Å². The Balaban J connectivity index is 2.27. The highest BCUT2D eigenvalue weighted by Crippen LogP contribution is 2.41. The fraction of sp³-hybridized carbons (Fsp3) is 0.476. The monoisotopic (exact) mass is 406 g/mol. The molecule has 2 rings (SSSR count). The van der Waals surface area contributed by atoms with Crippen LogP contribution in [-0.4, -0.2) is 30.3 Å². The molecule has 0 aliphatic rings. The summed E-state index contributed by atoms with van der Waals surface area (Å²) in [7, 11) is -0.187. The second-order valence-corrected chi connectivity index (χ2v) is 8.25. The van der Waals surface area contributed by atoms with Crippen LogP contribution in [-0.2, 0) is 18.8 Å². The van der Waals surface area contributed by atoms with Gasteiger partial charge in [0.2, 0.25) is 0 Å². The number of carbonyl (C=O) groups excluding carboxylic acids is 1. The van der Waals surface area contributed by atoms with Crippen molar-refractivity contribution in [2.75, 3.05) is 19.0 Å². The van der Waals surface area contributed by atoms with Crippen molar-refractivity contribution in [3.05, 3.63) is 42.5 Å². The minimum absolute atomic E-state index is 0.187. The number of hydrogen-bond acceptors (Lipinski definition) is 5. The molecule has 2 aromatic carbocycles. The first-order valence-electron chi connectivity index (χ1n) is 9.36. The third-order valence-electron chi connectivity index (χ3n) is 4.41. The summed E-state index contributed by atoms with van der Waals surface area (Å²) in [6.07, 6.45) is 1.36. The number of benzene rings is 2. The van der Waals surface area contributed by atoms with Crippen LogP contribution >= 0.6 is 20.2 Å². The van der Waals surface area contributed by atoms with Crippen molar-refractivity contribution in [3.63, 3.8) is 0 Å². The molecule has 2 unspecified atom stereocenters. The van der Waals surface area contributed by atoms with Crippen LogP contribution in [0.1, 0.15) is 33.6 Å². The lowest BCUT2D eigenvalue weighted by Gasteiger charge is -2.33. The van der Waals surface area contributed by atoms with E-state index in [4.69, 9.17) is 9.47 Å². The van der Waals surface area contributed by atoms with E-state index in [9.17, 15) is 9.36 Å². The molecule has 0 bridgehead atoms. The Morgan fingerprint density at radius 3 is 2.48 bits per heavy atom. The van der Waals surface area contributed by atoms with Gasteiger partial charge >= 0.3 is 5.97 Å². The Kier molecular flexibility index (Phi) is 8.75. The van der Waals surface area contributed by atoms with Crippen LogP contribution in [0.15, 0.2) is 47.4 Å². The number of fused-ring (bicyclic) bond motifs is 1. The highest BCUT2D eigenvalue weighted by molar-refractivity contribution is 7.99. The van der Waals surface area contributed by atoms with Crippen molar-refractivity contribution >= 4 is 37.0 Å². The lowest BCUT2D eigenvalue weighted by atomic mass is 9.97. The second-order valence-electron chi connectivity index (χ2n) is 6.26. The topological polar surface area (TPSA) is 52.6 Å². The largest absolute Gasteiger partial charge is 0.466 e. The molecule has 0 N–H and O–H groups in total. The third-order valence-corrected chi connectivity index (χ3v) is 6.69. The summed E-state index contributed by atoms with van der Waals surface area (Å²) in [6, 6.07) is 14.4. The van der Waals surface area contributed by atoms with Gasteiger partial charge in [-0.15, -0.1) is 11.8 Å². The maximum absolute atomic E-state index is 12.5. The average molecular weight is 406 g/mol. The van der Waals surface area contributed by atoms with Crippen LogP contribution in [0.5, 0.6) is 0 Å². The molecule has 0 amide bonds. The number of esters is 1. The zero-order valence-electron chi connectivity index (χ0n) is 16.1. The Hall–Kier alpha value is -1.42. The fourth-order valence-electron chi connectivity index (χ4n) is 3.11. The van der Waals surface area contributed by atoms with Crippen LogP contribution in [0.3, 0.4) is 0 Å². The molecule has 6 heteroatoms. The van der Waals surface area contributed by atoms with E-state index in [1.165, 1.54) is 5.39 Å². The Morgan fingerprint density at radius 1 is 1.11 bits per heavy atom. The number of carbonyl (C=O) groups is 1. The molecule has 0 aromatic heterocycles.